The number of rotatable bonds is 2. The highest BCUT2D eigenvalue weighted by Gasteiger charge is 2.18. The van der Waals surface area contributed by atoms with E-state index >= 15 is 0 Å². The van der Waals surface area contributed by atoms with Crippen LogP contribution < -0.4 is 0 Å². The van der Waals surface area contributed by atoms with Crippen molar-refractivity contribution < 1.29 is 13.9 Å². The highest BCUT2D eigenvalue weighted by molar-refractivity contribution is 9.10. The first kappa shape index (κ1) is 15.0. The summed E-state index contributed by atoms with van der Waals surface area (Å²) in [5.74, 6) is -0.376. The van der Waals surface area contributed by atoms with Gasteiger partial charge in [-0.2, -0.15) is 0 Å². The van der Waals surface area contributed by atoms with E-state index in [1.165, 1.54) is 7.11 Å². The van der Waals surface area contributed by atoms with Gasteiger partial charge in [0.15, 0.2) is 0 Å². The molecule has 24 heavy (non-hydrogen) atoms. The first-order valence-corrected chi connectivity index (χ1v) is 8.27. The Labute approximate surface area is 147 Å². The van der Waals surface area contributed by atoms with Crippen molar-refractivity contribution in [3.8, 4) is 11.1 Å². The first-order chi connectivity index (χ1) is 11.7. The number of ether oxygens (including phenoxy) is 1. The Morgan fingerprint density at radius 1 is 0.958 bits per heavy atom. The Morgan fingerprint density at radius 3 is 2.58 bits per heavy atom. The van der Waals surface area contributed by atoms with Gasteiger partial charge in [0.2, 0.25) is 0 Å². The monoisotopic (exact) mass is 380 g/mol. The zero-order valence-corrected chi connectivity index (χ0v) is 14.5. The number of benzene rings is 3. The van der Waals surface area contributed by atoms with Crippen molar-refractivity contribution in [2.24, 2.45) is 0 Å². The van der Waals surface area contributed by atoms with Crippen LogP contribution >= 0.6 is 15.9 Å². The molecule has 3 aromatic carbocycles. The third-order valence-electron chi connectivity index (χ3n) is 4.08. The van der Waals surface area contributed by atoms with Crippen LogP contribution in [0.25, 0.3) is 33.1 Å². The van der Waals surface area contributed by atoms with Crippen LogP contribution in [-0.4, -0.2) is 13.1 Å². The molecule has 0 unspecified atom stereocenters. The lowest BCUT2D eigenvalue weighted by molar-refractivity contribution is 0.0601. The molecule has 0 aliphatic heterocycles. The third kappa shape index (κ3) is 2.31. The average Bonchev–Trinajstić information content (AvgIpc) is 3.00. The molecular weight excluding hydrogens is 368 g/mol. The molecule has 118 valence electrons. The van der Waals surface area contributed by atoms with Gasteiger partial charge >= 0.3 is 5.97 Å². The molecule has 1 aromatic heterocycles. The lowest BCUT2D eigenvalue weighted by Gasteiger charge is -2.09. The van der Waals surface area contributed by atoms with Crippen LogP contribution in [0.1, 0.15) is 10.4 Å². The summed E-state index contributed by atoms with van der Waals surface area (Å²) in [5.41, 5.74) is 3.76. The Kier molecular flexibility index (Phi) is 3.62. The average molecular weight is 381 g/mol. The topological polar surface area (TPSA) is 39.4 Å². The van der Waals surface area contributed by atoms with E-state index in [1.807, 2.05) is 54.6 Å². The molecule has 4 heteroatoms. The molecule has 0 saturated heterocycles. The number of carbonyl (C=O) groups excluding carboxylic acids is 1. The van der Waals surface area contributed by atoms with E-state index in [1.54, 1.807) is 6.07 Å². The van der Waals surface area contributed by atoms with Crippen LogP contribution in [0.2, 0.25) is 0 Å². The summed E-state index contributed by atoms with van der Waals surface area (Å²) >= 11 is 3.41. The minimum atomic E-state index is -0.376. The maximum Gasteiger partial charge on any atom is 0.338 e. The van der Waals surface area contributed by atoms with Gasteiger partial charge in [0, 0.05) is 20.8 Å². The summed E-state index contributed by atoms with van der Waals surface area (Å²) in [6.45, 7) is 0. The third-order valence-corrected chi connectivity index (χ3v) is 4.57. The van der Waals surface area contributed by atoms with E-state index in [0.717, 1.165) is 37.5 Å². The van der Waals surface area contributed by atoms with Gasteiger partial charge in [-0.3, -0.25) is 0 Å². The summed E-state index contributed by atoms with van der Waals surface area (Å²) < 4.78 is 11.8. The fourth-order valence-corrected chi connectivity index (χ4v) is 3.35. The van der Waals surface area contributed by atoms with Crippen molar-refractivity contribution in [2.75, 3.05) is 7.11 Å². The molecule has 0 fully saturated rings. The van der Waals surface area contributed by atoms with Crippen LogP contribution in [0.5, 0.6) is 0 Å². The Bertz CT molecular complexity index is 1080. The number of fused-ring (bicyclic) bond motifs is 3. The molecule has 0 spiro atoms. The largest absolute Gasteiger partial charge is 0.465 e. The summed E-state index contributed by atoms with van der Waals surface area (Å²) in [7, 11) is 1.38. The van der Waals surface area contributed by atoms with Crippen molar-refractivity contribution in [3.05, 3.63) is 70.7 Å². The summed E-state index contributed by atoms with van der Waals surface area (Å²) in [6, 6.07) is 19.5. The number of furan rings is 1. The highest BCUT2D eigenvalue weighted by Crippen LogP contribution is 2.37. The Balaban J connectivity index is 2.06. The minimum Gasteiger partial charge on any atom is -0.465 e. The zero-order chi connectivity index (χ0) is 16.7. The standard InChI is InChI=1S/C20H13BrO3/c1-23-20(22)17-11-12(21)9-10-13(17)15-6-4-7-16-14-5-2-3-8-18(14)24-19(15)16/h2-11H,1H3. The lowest BCUT2D eigenvalue weighted by atomic mass is 9.97. The Hall–Kier alpha value is -2.59. The molecule has 0 aliphatic rings. The smallest absolute Gasteiger partial charge is 0.338 e. The Morgan fingerprint density at radius 2 is 1.75 bits per heavy atom. The fraction of sp³-hybridized carbons (Fsp3) is 0.0500. The van der Waals surface area contributed by atoms with Crippen LogP contribution in [0.3, 0.4) is 0 Å². The van der Waals surface area contributed by atoms with E-state index in [9.17, 15) is 4.79 Å². The van der Waals surface area contributed by atoms with Crippen molar-refractivity contribution in [1.29, 1.82) is 0 Å². The number of halogens is 1. The normalized spacial score (nSPS) is 11.1. The summed E-state index contributed by atoms with van der Waals surface area (Å²) in [4.78, 5) is 12.2. The van der Waals surface area contributed by atoms with Crippen LogP contribution in [0.15, 0.2) is 69.6 Å². The number of para-hydroxylation sites is 2. The zero-order valence-electron chi connectivity index (χ0n) is 12.9. The van der Waals surface area contributed by atoms with Gasteiger partial charge in [-0.25, -0.2) is 4.79 Å². The van der Waals surface area contributed by atoms with Crippen molar-refractivity contribution in [3.63, 3.8) is 0 Å². The van der Waals surface area contributed by atoms with Crippen molar-refractivity contribution >= 4 is 43.8 Å². The van der Waals surface area contributed by atoms with Gasteiger partial charge in [-0.1, -0.05) is 58.4 Å². The van der Waals surface area contributed by atoms with E-state index in [2.05, 4.69) is 15.9 Å². The molecule has 0 saturated carbocycles. The molecule has 0 bridgehead atoms. The molecule has 4 rings (SSSR count). The van der Waals surface area contributed by atoms with Gasteiger partial charge in [-0.05, 0) is 23.8 Å². The first-order valence-electron chi connectivity index (χ1n) is 7.47. The summed E-state index contributed by atoms with van der Waals surface area (Å²) in [5, 5.41) is 2.09. The van der Waals surface area contributed by atoms with Gasteiger partial charge in [-0.15, -0.1) is 0 Å². The molecule has 4 aromatic rings. The SMILES string of the molecule is COC(=O)c1cc(Br)ccc1-c1cccc2c1oc1ccccc12. The molecule has 0 atom stereocenters. The van der Waals surface area contributed by atoms with Crippen LogP contribution in [-0.2, 0) is 4.74 Å². The molecule has 3 nitrogen and oxygen atoms in total. The molecule has 0 N–H and O–H groups in total. The number of methoxy groups -OCH3 is 1. The van der Waals surface area contributed by atoms with Crippen molar-refractivity contribution in [2.45, 2.75) is 0 Å². The van der Waals surface area contributed by atoms with Crippen LogP contribution in [0.4, 0.5) is 0 Å². The van der Waals surface area contributed by atoms with E-state index in [4.69, 9.17) is 9.15 Å². The van der Waals surface area contributed by atoms with Gasteiger partial charge in [0.05, 0.1) is 12.7 Å². The van der Waals surface area contributed by atoms with E-state index < -0.39 is 0 Å². The minimum absolute atomic E-state index is 0.376. The molecule has 0 amide bonds. The predicted molar refractivity (Wildman–Crippen MR) is 98.2 cm³/mol. The summed E-state index contributed by atoms with van der Waals surface area (Å²) in [6.07, 6.45) is 0. The van der Waals surface area contributed by atoms with Gasteiger partial charge in [0.25, 0.3) is 0 Å². The quantitative estimate of drug-likeness (QED) is 0.412. The maximum atomic E-state index is 12.2. The second-order valence-electron chi connectivity index (χ2n) is 5.46. The number of esters is 1. The van der Waals surface area contributed by atoms with Crippen molar-refractivity contribution in [1.82, 2.24) is 0 Å². The van der Waals surface area contributed by atoms with Gasteiger partial charge < -0.3 is 9.15 Å². The van der Waals surface area contributed by atoms with E-state index in [-0.39, 0.29) is 5.97 Å². The lowest BCUT2D eigenvalue weighted by Crippen LogP contribution is -2.03. The second kappa shape index (κ2) is 5.80. The number of hydrogen-bond acceptors (Lipinski definition) is 3. The maximum absolute atomic E-state index is 12.2. The van der Waals surface area contributed by atoms with Crippen LogP contribution in [0, 0.1) is 0 Å². The number of hydrogen-bond donors (Lipinski definition) is 0. The predicted octanol–water partition coefficient (Wildman–Crippen LogP) is 5.80. The van der Waals surface area contributed by atoms with Gasteiger partial charge in [0.1, 0.15) is 11.2 Å². The van der Waals surface area contributed by atoms with E-state index in [0.29, 0.717) is 5.56 Å². The second-order valence-corrected chi connectivity index (χ2v) is 6.38. The molecule has 0 aliphatic carbocycles. The molecule has 1 heterocycles. The molecular formula is C20H13BrO3. The number of carbonyl (C=O) groups is 1. The fourth-order valence-electron chi connectivity index (χ4n) is 2.99. The molecule has 0 radical (unpaired) electrons. The highest BCUT2D eigenvalue weighted by atomic mass is 79.9.